The van der Waals surface area contributed by atoms with Gasteiger partial charge >= 0.3 is 0 Å². The second-order valence-electron chi connectivity index (χ2n) is 5.55. The maximum Gasteiger partial charge on any atom is 0.0942 e. The van der Waals surface area contributed by atoms with Crippen molar-refractivity contribution in [3.05, 3.63) is 34.9 Å². The third kappa shape index (κ3) is 1.72. The molecule has 0 bridgehead atoms. The molecule has 100 valence electrons. The summed E-state index contributed by atoms with van der Waals surface area (Å²) in [6.07, 6.45) is 4.23. The molecule has 0 N–H and O–H groups in total. The first-order chi connectivity index (χ1) is 8.57. The molecule has 0 aliphatic carbocycles. The highest BCUT2D eigenvalue weighted by Crippen LogP contribution is 2.53. The third-order valence-electron chi connectivity index (χ3n) is 4.83. The molecule has 1 aromatic carbocycles. The average Bonchev–Trinajstić information content (AvgIpc) is 2.69. The first-order valence-corrected chi connectivity index (χ1v) is 7.39. The Balaban J connectivity index is 2.65. The van der Waals surface area contributed by atoms with Crippen molar-refractivity contribution in [2.45, 2.75) is 71.5 Å². The van der Waals surface area contributed by atoms with Crippen molar-refractivity contribution >= 4 is 0 Å². The van der Waals surface area contributed by atoms with Crippen LogP contribution in [0.1, 0.15) is 70.1 Å². The minimum Gasteiger partial charge on any atom is -0.359 e. The van der Waals surface area contributed by atoms with Gasteiger partial charge in [0.1, 0.15) is 0 Å². The van der Waals surface area contributed by atoms with E-state index in [1.54, 1.807) is 0 Å². The fraction of sp³-hybridized carbons (Fsp3) is 0.647. The van der Waals surface area contributed by atoms with E-state index in [9.17, 15) is 0 Å². The lowest BCUT2D eigenvalue weighted by Crippen LogP contribution is -2.31. The second-order valence-corrected chi connectivity index (χ2v) is 5.55. The monoisotopic (exact) mass is 246 g/mol. The molecule has 0 aromatic heterocycles. The molecular formula is C17H26O. The van der Waals surface area contributed by atoms with Gasteiger partial charge in [-0.3, -0.25) is 0 Å². The summed E-state index contributed by atoms with van der Waals surface area (Å²) in [6, 6.07) is 6.86. The van der Waals surface area contributed by atoms with Gasteiger partial charge in [-0.15, -0.1) is 0 Å². The highest BCUT2D eigenvalue weighted by molar-refractivity contribution is 5.43. The van der Waals surface area contributed by atoms with Gasteiger partial charge in [-0.2, -0.15) is 0 Å². The predicted octanol–water partition coefficient (Wildman–Crippen LogP) is 5.06. The van der Waals surface area contributed by atoms with Crippen LogP contribution >= 0.6 is 0 Å². The van der Waals surface area contributed by atoms with Gasteiger partial charge in [0.2, 0.25) is 0 Å². The lowest BCUT2D eigenvalue weighted by molar-refractivity contribution is -0.151. The molecule has 1 aromatic rings. The first kappa shape index (κ1) is 13.6. The highest BCUT2D eigenvalue weighted by Gasteiger charge is 2.49. The van der Waals surface area contributed by atoms with Crippen molar-refractivity contribution in [1.82, 2.24) is 0 Å². The molecular weight excluding hydrogens is 220 g/mol. The molecule has 0 amide bonds. The SMILES string of the molecule is CCC1(CC)OC(CC)(CC)c2cc(C)ccc21. The maximum atomic E-state index is 6.66. The number of hydrogen-bond donors (Lipinski definition) is 0. The Kier molecular flexibility index (Phi) is 3.55. The standard InChI is InChI=1S/C17H26O/c1-6-16(7-2)14-11-10-13(5)12-15(14)17(8-3,9-4)18-16/h10-12H,6-9H2,1-5H3. The molecule has 2 rings (SSSR count). The number of aryl methyl sites for hydroxylation is 1. The number of hydrogen-bond acceptors (Lipinski definition) is 1. The van der Waals surface area contributed by atoms with Crippen molar-refractivity contribution in [3.8, 4) is 0 Å². The summed E-state index contributed by atoms with van der Waals surface area (Å²) in [5.74, 6) is 0. The predicted molar refractivity (Wildman–Crippen MR) is 76.8 cm³/mol. The summed E-state index contributed by atoms with van der Waals surface area (Å²) in [6.45, 7) is 11.2. The second kappa shape index (κ2) is 4.70. The summed E-state index contributed by atoms with van der Waals surface area (Å²) < 4.78 is 6.66. The fourth-order valence-electron chi connectivity index (χ4n) is 3.47. The quantitative estimate of drug-likeness (QED) is 0.722. The zero-order chi connectivity index (χ0) is 13.4. The normalized spacial score (nSPS) is 19.8. The number of ether oxygens (including phenoxy) is 1. The topological polar surface area (TPSA) is 9.23 Å². The zero-order valence-corrected chi connectivity index (χ0v) is 12.5. The van der Waals surface area contributed by atoms with Crippen LogP contribution in [0.4, 0.5) is 0 Å². The summed E-state index contributed by atoms with van der Waals surface area (Å²) >= 11 is 0. The van der Waals surface area contributed by atoms with E-state index in [4.69, 9.17) is 4.74 Å². The molecule has 18 heavy (non-hydrogen) atoms. The third-order valence-corrected chi connectivity index (χ3v) is 4.83. The minimum absolute atomic E-state index is 0.0605. The highest BCUT2D eigenvalue weighted by atomic mass is 16.5. The van der Waals surface area contributed by atoms with Crippen molar-refractivity contribution < 1.29 is 4.74 Å². The Hall–Kier alpha value is -0.820. The van der Waals surface area contributed by atoms with Gasteiger partial charge in [-0.25, -0.2) is 0 Å². The summed E-state index contributed by atoms with van der Waals surface area (Å²) in [5, 5.41) is 0. The van der Waals surface area contributed by atoms with Crippen LogP contribution in [0.25, 0.3) is 0 Å². The lowest BCUT2D eigenvalue weighted by atomic mass is 9.82. The van der Waals surface area contributed by atoms with Crippen molar-refractivity contribution in [1.29, 1.82) is 0 Å². The average molecular weight is 246 g/mol. The smallest absolute Gasteiger partial charge is 0.0942 e. The van der Waals surface area contributed by atoms with E-state index in [-0.39, 0.29) is 11.2 Å². The fourth-order valence-corrected chi connectivity index (χ4v) is 3.47. The largest absolute Gasteiger partial charge is 0.359 e. The van der Waals surface area contributed by atoms with E-state index >= 15 is 0 Å². The van der Waals surface area contributed by atoms with Gasteiger partial charge in [0.15, 0.2) is 0 Å². The van der Waals surface area contributed by atoms with E-state index in [0.717, 1.165) is 25.7 Å². The van der Waals surface area contributed by atoms with Crippen LogP contribution in [0.3, 0.4) is 0 Å². The summed E-state index contributed by atoms with van der Waals surface area (Å²) in [4.78, 5) is 0. The Morgan fingerprint density at radius 2 is 1.33 bits per heavy atom. The summed E-state index contributed by atoms with van der Waals surface area (Å²) in [7, 11) is 0. The van der Waals surface area contributed by atoms with E-state index in [2.05, 4.69) is 52.8 Å². The molecule has 0 radical (unpaired) electrons. The van der Waals surface area contributed by atoms with Gasteiger partial charge in [0.05, 0.1) is 11.2 Å². The van der Waals surface area contributed by atoms with Gasteiger partial charge in [0, 0.05) is 0 Å². The molecule has 1 heterocycles. The number of rotatable bonds is 4. The van der Waals surface area contributed by atoms with Crippen molar-refractivity contribution in [2.24, 2.45) is 0 Å². The molecule has 0 saturated carbocycles. The van der Waals surface area contributed by atoms with E-state index < -0.39 is 0 Å². The Labute approximate surface area is 112 Å². The van der Waals surface area contributed by atoms with Crippen molar-refractivity contribution in [2.75, 3.05) is 0 Å². The van der Waals surface area contributed by atoms with E-state index in [0.29, 0.717) is 0 Å². The van der Waals surface area contributed by atoms with Gasteiger partial charge in [-0.1, -0.05) is 51.5 Å². The molecule has 0 unspecified atom stereocenters. The zero-order valence-electron chi connectivity index (χ0n) is 12.5. The molecule has 0 spiro atoms. The van der Waals surface area contributed by atoms with Crippen LogP contribution in [0, 0.1) is 6.92 Å². The molecule has 0 fully saturated rings. The maximum absolute atomic E-state index is 6.66. The Bertz CT molecular complexity index is 425. The van der Waals surface area contributed by atoms with E-state index in [1.807, 2.05) is 0 Å². The summed E-state index contributed by atoms with van der Waals surface area (Å²) in [5.41, 5.74) is 4.09. The molecule has 0 atom stereocenters. The van der Waals surface area contributed by atoms with Gasteiger partial charge in [-0.05, 0) is 43.7 Å². The number of fused-ring (bicyclic) bond motifs is 1. The van der Waals surface area contributed by atoms with E-state index in [1.165, 1.54) is 16.7 Å². The lowest BCUT2D eigenvalue weighted by Gasteiger charge is -2.34. The molecule has 0 saturated heterocycles. The molecule has 1 aliphatic heterocycles. The van der Waals surface area contributed by atoms with Crippen LogP contribution in [-0.4, -0.2) is 0 Å². The Morgan fingerprint density at radius 1 is 0.833 bits per heavy atom. The van der Waals surface area contributed by atoms with Crippen LogP contribution < -0.4 is 0 Å². The van der Waals surface area contributed by atoms with Crippen molar-refractivity contribution in [3.63, 3.8) is 0 Å². The van der Waals surface area contributed by atoms with Crippen LogP contribution in [-0.2, 0) is 15.9 Å². The number of benzene rings is 1. The van der Waals surface area contributed by atoms with Gasteiger partial charge in [0.25, 0.3) is 0 Å². The first-order valence-electron chi connectivity index (χ1n) is 7.39. The Morgan fingerprint density at radius 3 is 1.83 bits per heavy atom. The molecule has 1 heteroatoms. The molecule has 1 aliphatic rings. The molecule has 1 nitrogen and oxygen atoms in total. The minimum atomic E-state index is -0.0621. The van der Waals surface area contributed by atoms with Crippen LogP contribution in [0.2, 0.25) is 0 Å². The van der Waals surface area contributed by atoms with Gasteiger partial charge < -0.3 is 4.74 Å². The van der Waals surface area contributed by atoms with Crippen LogP contribution in [0.15, 0.2) is 18.2 Å². The van der Waals surface area contributed by atoms with Crippen LogP contribution in [0.5, 0.6) is 0 Å².